The first-order valence-corrected chi connectivity index (χ1v) is 5.56. The van der Waals surface area contributed by atoms with Gasteiger partial charge in [-0.2, -0.15) is 0 Å². The molecule has 17 heavy (non-hydrogen) atoms. The predicted octanol–water partition coefficient (Wildman–Crippen LogP) is 2.35. The molecule has 0 aliphatic carbocycles. The van der Waals surface area contributed by atoms with E-state index >= 15 is 0 Å². The highest BCUT2D eigenvalue weighted by Crippen LogP contribution is 2.14. The number of nitrogen functional groups attached to an aromatic ring is 1. The Morgan fingerprint density at radius 3 is 2.59 bits per heavy atom. The average Bonchev–Trinajstić information content (AvgIpc) is 2.32. The molecule has 2 rings (SSSR count). The van der Waals surface area contributed by atoms with Gasteiger partial charge in [0, 0.05) is 18.6 Å². The Labute approximate surface area is 105 Å². The Hall–Kier alpha value is -1.81. The van der Waals surface area contributed by atoms with E-state index in [1.54, 1.807) is 6.20 Å². The van der Waals surface area contributed by atoms with E-state index in [9.17, 15) is 0 Å². The minimum absolute atomic E-state index is 0.422. The molecule has 1 aromatic carbocycles. The van der Waals surface area contributed by atoms with Crippen molar-refractivity contribution in [1.82, 2.24) is 9.97 Å². The fraction of sp³-hybridized carbons (Fsp3) is 0.167. The third-order valence-electron chi connectivity index (χ3n) is 2.36. The smallest absolute Gasteiger partial charge is 0.149 e. The summed E-state index contributed by atoms with van der Waals surface area (Å²) < 4.78 is 0. The maximum absolute atomic E-state index is 5.83. The third kappa shape index (κ3) is 3.07. The second-order valence-electron chi connectivity index (χ2n) is 3.78. The van der Waals surface area contributed by atoms with Crippen LogP contribution in [0.2, 0.25) is 5.02 Å². The molecule has 0 radical (unpaired) electrons. The Kier molecular flexibility index (Phi) is 3.44. The molecular formula is C12H13ClN4. The van der Waals surface area contributed by atoms with E-state index in [0.29, 0.717) is 5.82 Å². The van der Waals surface area contributed by atoms with Gasteiger partial charge in [0.2, 0.25) is 0 Å². The summed E-state index contributed by atoms with van der Waals surface area (Å²) in [7, 11) is 1.94. The average molecular weight is 249 g/mol. The van der Waals surface area contributed by atoms with E-state index in [1.165, 1.54) is 6.20 Å². The van der Waals surface area contributed by atoms with Gasteiger partial charge in [-0.3, -0.25) is 4.98 Å². The van der Waals surface area contributed by atoms with Gasteiger partial charge in [0.1, 0.15) is 11.6 Å². The number of rotatable bonds is 3. The minimum Gasteiger partial charge on any atom is -0.382 e. The molecule has 0 bridgehead atoms. The molecule has 1 aromatic heterocycles. The fourth-order valence-electron chi connectivity index (χ4n) is 1.50. The van der Waals surface area contributed by atoms with Gasteiger partial charge in [-0.05, 0) is 17.7 Å². The van der Waals surface area contributed by atoms with Crippen molar-refractivity contribution in [3.8, 4) is 0 Å². The third-order valence-corrected chi connectivity index (χ3v) is 2.62. The van der Waals surface area contributed by atoms with Gasteiger partial charge in [-0.15, -0.1) is 0 Å². The van der Waals surface area contributed by atoms with Crippen LogP contribution in [0.1, 0.15) is 5.56 Å². The summed E-state index contributed by atoms with van der Waals surface area (Å²) in [4.78, 5) is 10.2. The lowest BCUT2D eigenvalue weighted by molar-refractivity contribution is 0.892. The quantitative estimate of drug-likeness (QED) is 0.906. The zero-order chi connectivity index (χ0) is 12.3. The van der Waals surface area contributed by atoms with Crippen molar-refractivity contribution in [1.29, 1.82) is 0 Å². The van der Waals surface area contributed by atoms with Crippen LogP contribution in [-0.2, 0) is 6.54 Å². The van der Waals surface area contributed by atoms with Crippen molar-refractivity contribution in [2.45, 2.75) is 6.54 Å². The van der Waals surface area contributed by atoms with Crippen molar-refractivity contribution in [2.75, 3.05) is 17.7 Å². The molecule has 2 N–H and O–H groups in total. The van der Waals surface area contributed by atoms with E-state index in [2.05, 4.69) is 9.97 Å². The molecular weight excluding hydrogens is 236 g/mol. The van der Waals surface area contributed by atoms with E-state index in [0.717, 1.165) is 22.9 Å². The molecule has 0 spiro atoms. The van der Waals surface area contributed by atoms with Gasteiger partial charge in [-0.1, -0.05) is 23.7 Å². The van der Waals surface area contributed by atoms with Crippen molar-refractivity contribution in [2.24, 2.45) is 0 Å². The number of anilines is 2. The van der Waals surface area contributed by atoms with Crippen LogP contribution in [0, 0.1) is 0 Å². The predicted molar refractivity (Wildman–Crippen MR) is 70.0 cm³/mol. The van der Waals surface area contributed by atoms with E-state index < -0.39 is 0 Å². The molecule has 0 fully saturated rings. The lowest BCUT2D eigenvalue weighted by Crippen LogP contribution is -2.18. The molecule has 4 nitrogen and oxygen atoms in total. The SMILES string of the molecule is CN(Cc1ccc(Cl)cc1)c1cncc(N)n1. The maximum Gasteiger partial charge on any atom is 0.149 e. The Bertz CT molecular complexity index is 498. The van der Waals surface area contributed by atoms with Crippen molar-refractivity contribution in [3.63, 3.8) is 0 Å². The highest BCUT2D eigenvalue weighted by Gasteiger charge is 2.04. The van der Waals surface area contributed by atoms with Gasteiger partial charge in [0.05, 0.1) is 12.4 Å². The number of benzene rings is 1. The molecule has 5 heteroatoms. The Morgan fingerprint density at radius 2 is 1.94 bits per heavy atom. The summed E-state index contributed by atoms with van der Waals surface area (Å²) in [5.74, 6) is 1.17. The monoisotopic (exact) mass is 248 g/mol. The molecule has 0 aliphatic rings. The van der Waals surface area contributed by atoms with Crippen LogP contribution in [-0.4, -0.2) is 17.0 Å². The molecule has 0 saturated heterocycles. The number of halogens is 1. The van der Waals surface area contributed by atoms with Gasteiger partial charge in [-0.25, -0.2) is 4.98 Å². The van der Waals surface area contributed by atoms with E-state index in [-0.39, 0.29) is 0 Å². The molecule has 0 unspecified atom stereocenters. The summed E-state index contributed by atoms with van der Waals surface area (Å²) in [5.41, 5.74) is 6.75. The Balaban J connectivity index is 2.11. The number of nitrogens with two attached hydrogens (primary N) is 1. The zero-order valence-electron chi connectivity index (χ0n) is 9.47. The molecule has 0 amide bonds. The van der Waals surface area contributed by atoms with Crippen LogP contribution in [0.15, 0.2) is 36.7 Å². The summed E-state index contributed by atoms with van der Waals surface area (Å²) >= 11 is 5.83. The number of aromatic nitrogens is 2. The van der Waals surface area contributed by atoms with Gasteiger partial charge < -0.3 is 10.6 Å². The largest absolute Gasteiger partial charge is 0.382 e. The highest BCUT2D eigenvalue weighted by atomic mass is 35.5. The molecule has 0 atom stereocenters. The van der Waals surface area contributed by atoms with Gasteiger partial charge in [0.25, 0.3) is 0 Å². The normalized spacial score (nSPS) is 10.2. The second-order valence-corrected chi connectivity index (χ2v) is 4.22. The first-order chi connectivity index (χ1) is 8.15. The number of hydrogen-bond donors (Lipinski definition) is 1. The van der Waals surface area contributed by atoms with Crippen LogP contribution in [0.3, 0.4) is 0 Å². The zero-order valence-corrected chi connectivity index (χ0v) is 10.2. The van der Waals surface area contributed by atoms with Crippen LogP contribution in [0.25, 0.3) is 0 Å². The lowest BCUT2D eigenvalue weighted by atomic mass is 10.2. The lowest BCUT2D eigenvalue weighted by Gasteiger charge is -2.17. The number of nitrogens with zero attached hydrogens (tertiary/aromatic N) is 3. The van der Waals surface area contributed by atoms with Crippen molar-refractivity contribution in [3.05, 3.63) is 47.2 Å². The van der Waals surface area contributed by atoms with Crippen molar-refractivity contribution >= 4 is 23.2 Å². The topological polar surface area (TPSA) is 55.0 Å². The first kappa shape index (κ1) is 11.7. The summed E-state index contributed by atoms with van der Waals surface area (Å²) in [6.45, 7) is 0.731. The van der Waals surface area contributed by atoms with Crippen LogP contribution in [0.5, 0.6) is 0 Å². The van der Waals surface area contributed by atoms with Crippen LogP contribution < -0.4 is 10.6 Å². The molecule has 1 heterocycles. The maximum atomic E-state index is 5.83. The molecule has 88 valence electrons. The summed E-state index contributed by atoms with van der Waals surface area (Å²) in [6.07, 6.45) is 3.21. The Morgan fingerprint density at radius 1 is 1.24 bits per heavy atom. The van der Waals surface area contributed by atoms with E-state index in [1.807, 2.05) is 36.2 Å². The van der Waals surface area contributed by atoms with Crippen LogP contribution in [0.4, 0.5) is 11.6 Å². The molecule has 0 aliphatic heterocycles. The van der Waals surface area contributed by atoms with Gasteiger partial charge in [0.15, 0.2) is 0 Å². The number of hydrogen-bond acceptors (Lipinski definition) is 4. The fourth-order valence-corrected chi connectivity index (χ4v) is 1.62. The summed E-state index contributed by atoms with van der Waals surface area (Å²) in [5, 5.41) is 0.736. The first-order valence-electron chi connectivity index (χ1n) is 5.18. The van der Waals surface area contributed by atoms with Crippen molar-refractivity contribution < 1.29 is 0 Å². The highest BCUT2D eigenvalue weighted by molar-refractivity contribution is 6.30. The molecule has 2 aromatic rings. The minimum atomic E-state index is 0.422. The standard InChI is InChI=1S/C12H13ClN4/c1-17(12-7-15-6-11(14)16-12)8-9-2-4-10(13)5-3-9/h2-7H,8H2,1H3,(H2,14,16). The summed E-state index contributed by atoms with van der Waals surface area (Å²) in [6, 6.07) is 7.71. The van der Waals surface area contributed by atoms with Gasteiger partial charge >= 0.3 is 0 Å². The second kappa shape index (κ2) is 5.01. The molecule has 0 saturated carbocycles. The van der Waals surface area contributed by atoms with Crippen LogP contribution >= 0.6 is 11.6 Å². The van der Waals surface area contributed by atoms with E-state index in [4.69, 9.17) is 17.3 Å².